The van der Waals surface area contributed by atoms with Crippen LogP contribution < -0.4 is 4.90 Å². The molecule has 0 saturated carbocycles. The van der Waals surface area contributed by atoms with Crippen molar-refractivity contribution in [2.45, 2.75) is 19.0 Å². The van der Waals surface area contributed by atoms with E-state index in [1.54, 1.807) is 0 Å². The summed E-state index contributed by atoms with van der Waals surface area (Å²) in [4.78, 5) is 29.1. The second-order valence-corrected chi connectivity index (χ2v) is 5.73. The number of piperidine rings is 1. The molecule has 25 heavy (non-hydrogen) atoms. The van der Waals surface area contributed by atoms with E-state index in [9.17, 15) is 28.0 Å². The predicted molar refractivity (Wildman–Crippen MR) is 79.5 cm³/mol. The zero-order chi connectivity index (χ0) is 18.8. The van der Waals surface area contributed by atoms with Crippen LogP contribution >= 0.6 is 0 Å². The number of likely N-dealkylation sites (tertiary alicyclic amines) is 1. The van der Waals surface area contributed by atoms with Crippen LogP contribution in [0.15, 0.2) is 18.3 Å². The maximum absolute atomic E-state index is 12.7. The van der Waals surface area contributed by atoms with Gasteiger partial charge in [-0.3, -0.25) is 4.79 Å². The first-order chi connectivity index (χ1) is 11.6. The molecule has 2 amide bonds. The van der Waals surface area contributed by atoms with Gasteiger partial charge in [0.1, 0.15) is 11.1 Å². The first-order valence-corrected chi connectivity index (χ1v) is 7.31. The molecule has 134 valence electrons. The maximum atomic E-state index is 12.7. The van der Waals surface area contributed by atoms with Gasteiger partial charge < -0.3 is 14.9 Å². The molecular weight excluding hydrogens is 341 g/mol. The van der Waals surface area contributed by atoms with Gasteiger partial charge in [0.2, 0.25) is 5.91 Å². The molecule has 1 N–H and O–H groups in total. The number of hydrogen-bond donors (Lipinski definition) is 1. The fraction of sp³-hybridized carbons (Fsp3) is 0.467. The number of carboxylic acid groups (broad SMARTS) is 1. The van der Waals surface area contributed by atoms with Crippen molar-refractivity contribution < 1.29 is 27.9 Å². The highest BCUT2D eigenvalue weighted by molar-refractivity contribution is 5.99. The first-order valence-electron chi connectivity index (χ1n) is 7.31. The maximum Gasteiger partial charge on any atom is 0.433 e. The van der Waals surface area contributed by atoms with Crippen molar-refractivity contribution in [1.82, 2.24) is 9.88 Å². The molecule has 1 aromatic heterocycles. The van der Waals surface area contributed by atoms with Gasteiger partial charge in [0, 0.05) is 20.1 Å². The van der Waals surface area contributed by atoms with Gasteiger partial charge in [-0.15, -0.1) is 0 Å². The molecule has 0 aromatic carbocycles. The van der Waals surface area contributed by atoms with Gasteiger partial charge in [0.05, 0.1) is 18.0 Å². The van der Waals surface area contributed by atoms with Crippen LogP contribution in [0.4, 0.5) is 23.7 Å². The Bertz CT molecular complexity index is 704. The third-order valence-electron chi connectivity index (χ3n) is 4.24. The molecule has 1 aromatic rings. The van der Waals surface area contributed by atoms with Crippen molar-refractivity contribution in [2.24, 2.45) is 5.41 Å². The van der Waals surface area contributed by atoms with E-state index >= 15 is 0 Å². The third-order valence-corrected chi connectivity index (χ3v) is 4.24. The molecule has 0 radical (unpaired) electrons. The largest absolute Gasteiger partial charge is 0.465 e. The number of pyridine rings is 1. The number of alkyl halides is 3. The lowest BCUT2D eigenvalue weighted by atomic mass is 9.78. The van der Waals surface area contributed by atoms with Crippen LogP contribution in [0.3, 0.4) is 0 Å². The van der Waals surface area contributed by atoms with E-state index in [-0.39, 0.29) is 31.6 Å². The van der Waals surface area contributed by atoms with Crippen molar-refractivity contribution in [2.75, 3.05) is 25.0 Å². The summed E-state index contributed by atoms with van der Waals surface area (Å²) in [5, 5.41) is 18.4. The Balaban J connectivity index is 2.18. The minimum absolute atomic E-state index is 0.0209. The summed E-state index contributed by atoms with van der Waals surface area (Å²) >= 11 is 0. The molecule has 0 unspecified atom stereocenters. The van der Waals surface area contributed by atoms with E-state index in [4.69, 9.17) is 5.11 Å². The number of halogens is 3. The van der Waals surface area contributed by atoms with Gasteiger partial charge in [0.15, 0.2) is 0 Å². The summed E-state index contributed by atoms with van der Waals surface area (Å²) in [6.45, 7) is 0.0709. The Kier molecular flexibility index (Phi) is 4.87. The van der Waals surface area contributed by atoms with Crippen LogP contribution in [-0.2, 0) is 11.0 Å². The SMILES string of the molecule is CN(C(=O)C1(C#N)CCN(C(=O)O)CC1)c1ccc(C(F)(F)F)nc1. The van der Waals surface area contributed by atoms with Gasteiger partial charge in [-0.1, -0.05) is 0 Å². The number of nitriles is 1. The van der Waals surface area contributed by atoms with Crippen LogP contribution in [0, 0.1) is 16.7 Å². The zero-order valence-electron chi connectivity index (χ0n) is 13.2. The number of anilines is 1. The van der Waals surface area contributed by atoms with Gasteiger partial charge in [-0.05, 0) is 25.0 Å². The highest BCUT2D eigenvalue weighted by Crippen LogP contribution is 2.34. The van der Waals surface area contributed by atoms with E-state index in [1.165, 1.54) is 7.05 Å². The second kappa shape index (κ2) is 6.58. The van der Waals surface area contributed by atoms with Gasteiger partial charge in [-0.25, -0.2) is 9.78 Å². The van der Waals surface area contributed by atoms with E-state index in [0.717, 1.165) is 28.1 Å². The van der Waals surface area contributed by atoms with Crippen LogP contribution in [0.25, 0.3) is 0 Å². The van der Waals surface area contributed by atoms with Gasteiger partial charge in [-0.2, -0.15) is 18.4 Å². The highest BCUT2D eigenvalue weighted by Gasteiger charge is 2.44. The number of hydrogen-bond acceptors (Lipinski definition) is 4. The van der Waals surface area contributed by atoms with E-state index in [0.29, 0.717) is 0 Å². The average Bonchev–Trinajstić information content (AvgIpc) is 2.59. The molecule has 0 aliphatic carbocycles. The number of amides is 2. The molecular formula is C15H15F3N4O3. The number of rotatable bonds is 2. The number of carbonyl (C=O) groups excluding carboxylic acids is 1. The molecule has 10 heteroatoms. The summed E-state index contributed by atoms with van der Waals surface area (Å²) in [6, 6.07) is 3.81. The summed E-state index contributed by atoms with van der Waals surface area (Å²) in [5.74, 6) is -0.596. The summed E-state index contributed by atoms with van der Waals surface area (Å²) in [7, 11) is 1.34. The molecule has 1 saturated heterocycles. The number of aromatic nitrogens is 1. The van der Waals surface area contributed by atoms with E-state index in [2.05, 4.69) is 4.98 Å². The van der Waals surface area contributed by atoms with Gasteiger partial charge >= 0.3 is 12.3 Å². The predicted octanol–water partition coefficient (Wildman–Crippen LogP) is 2.35. The summed E-state index contributed by atoms with van der Waals surface area (Å²) in [6.07, 6.45) is -4.75. The number of carbonyl (C=O) groups is 2. The molecule has 0 spiro atoms. The van der Waals surface area contributed by atoms with Crippen molar-refractivity contribution in [3.63, 3.8) is 0 Å². The Hall–Kier alpha value is -2.83. The molecule has 2 rings (SSSR count). The van der Waals surface area contributed by atoms with Crippen LogP contribution in [0.1, 0.15) is 18.5 Å². The lowest BCUT2D eigenvalue weighted by Gasteiger charge is -2.37. The molecule has 0 atom stereocenters. The standard InChI is InChI=1S/C15H15F3N4O3/c1-21(10-2-3-11(20-8-10)15(16,17)18)12(23)14(9-19)4-6-22(7-5-14)13(24)25/h2-3,8H,4-7H2,1H3,(H,24,25). The highest BCUT2D eigenvalue weighted by atomic mass is 19.4. The van der Waals surface area contributed by atoms with Crippen molar-refractivity contribution in [3.05, 3.63) is 24.0 Å². The summed E-state index contributed by atoms with van der Waals surface area (Å²) < 4.78 is 37.6. The third kappa shape index (κ3) is 3.65. The van der Waals surface area contributed by atoms with E-state index < -0.39 is 29.3 Å². The lowest BCUT2D eigenvalue weighted by molar-refractivity contribution is -0.141. The Morgan fingerprint density at radius 3 is 2.36 bits per heavy atom. The second-order valence-electron chi connectivity index (χ2n) is 5.73. The van der Waals surface area contributed by atoms with Crippen LogP contribution in [0.5, 0.6) is 0 Å². The van der Waals surface area contributed by atoms with Crippen LogP contribution in [0.2, 0.25) is 0 Å². The van der Waals surface area contributed by atoms with Crippen LogP contribution in [-0.4, -0.2) is 47.1 Å². The quantitative estimate of drug-likeness (QED) is 0.877. The molecule has 7 nitrogen and oxygen atoms in total. The molecule has 1 fully saturated rings. The fourth-order valence-electron chi connectivity index (χ4n) is 2.64. The average molecular weight is 356 g/mol. The molecule has 0 bridgehead atoms. The Labute approximate surface area is 141 Å². The molecule has 1 aliphatic rings. The smallest absolute Gasteiger partial charge is 0.433 e. The Morgan fingerprint density at radius 2 is 1.96 bits per heavy atom. The number of nitrogens with zero attached hydrogens (tertiary/aromatic N) is 4. The topological polar surface area (TPSA) is 97.5 Å². The first kappa shape index (κ1) is 18.5. The molecule has 2 heterocycles. The van der Waals surface area contributed by atoms with E-state index in [1.807, 2.05) is 6.07 Å². The minimum atomic E-state index is -4.58. The normalized spacial score (nSPS) is 16.8. The van der Waals surface area contributed by atoms with Gasteiger partial charge in [0.25, 0.3) is 0 Å². The van der Waals surface area contributed by atoms with Crippen molar-refractivity contribution >= 4 is 17.7 Å². The Morgan fingerprint density at radius 1 is 1.36 bits per heavy atom. The minimum Gasteiger partial charge on any atom is -0.465 e. The zero-order valence-corrected chi connectivity index (χ0v) is 13.2. The lowest BCUT2D eigenvalue weighted by Crippen LogP contribution is -2.50. The summed E-state index contributed by atoms with van der Waals surface area (Å²) in [5.41, 5.74) is -2.38. The van der Waals surface area contributed by atoms with Crippen molar-refractivity contribution in [1.29, 1.82) is 5.26 Å². The van der Waals surface area contributed by atoms with Crippen molar-refractivity contribution in [3.8, 4) is 6.07 Å². The fourth-order valence-corrected chi connectivity index (χ4v) is 2.64. The molecule has 1 aliphatic heterocycles. The monoisotopic (exact) mass is 356 g/mol.